The summed E-state index contributed by atoms with van der Waals surface area (Å²) in [4.78, 5) is 12.2. The molecule has 104 valence electrons. The summed E-state index contributed by atoms with van der Waals surface area (Å²) in [5.41, 5.74) is 9.50. The first-order chi connectivity index (χ1) is 9.61. The van der Waals surface area contributed by atoms with Crippen molar-refractivity contribution in [2.24, 2.45) is 5.73 Å². The Hall–Kier alpha value is -2.13. The largest absolute Gasteiger partial charge is 0.324 e. The van der Waals surface area contributed by atoms with Gasteiger partial charge in [-0.15, -0.1) is 0 Å². The van der Waals surface area contributed by atoms with Gasteiger partial charge in [0.15, 0.2) is 0 Å². The summed E-state index contributed by atoms with van der Waals surface area (Å²) >= 11 is 0. The van der Waals surface area contributed by atoms with Gasteiger partial charge in [0.05, 0.1) is 0 Å². The Balaban J connectivity index is 2.19. The molecule has 0 saturated heterocycles. The SMILES string of the molecule is CCc1ccc(C(=O)Nc2ccccc2C(C)N)cc1. The summed E-state index contributed by atoms with van der Waals surface area (Å²) in [6.07, 6.45) is 0.968. The zero-order chi connectivity index (χ0) is 14.5. The van der Waals surface area contributed by atoms with Gasteiger partial charge in [-0.3, -0.25) is 4.79 Å². The number of para-hydroxylation sites is 1. The van der Waals surface area contributed by atoms with Gasteiger partial charge in [-0.1, -0.05) is 37.3 Å². The van der Waals surface area contributed by atoms with Gasteiger partial charge in [-0.25, -0.2) is 0 Å². The van der Waals surface area contributed by atoms with E-state index in [0.717, 1.165) is 17.7 Å². The number of carbonyl (C=O) groups excluding carboxylic acids is 1. The Morgan fingerprint density at radius 3 is 2.40 bits per heavy atom. The zero-order valence-electron chi connectivity index (χ0n) is 11.9. The van der Waals surface area contributed by atoms with Crippen LogP contribution in [0, 0.1) is 0 Å². The van der Waals surface area contributed by atoms with Crippen LogP contribution in [0.4, 0.5) is 5.69 Å². The van der Waals surface area contributed by atoms with E-state index in [1.807, 2.05) is 55.5 Å². The first-order valence-electron chi connectivity index (χ1n) is 6.86. The third-order valence-electron chi connectivity index (χ3n) is 3.32. The second-order valence-corrected chi connectivity index (χ2v) is 4.88. The lowest BCUT2D eigenvalue weighted by Crippen LogP contribution is -2.15. The third-order valence-corrected chi connectivity index (χ3v) is 3.32. The van der Waals surface area contributed by atoms with Gasteiger partial charge in [0.1, 0.15) is 0 Å². The Bertz CT molecular complexity index is 588. The maximum atomic E-state index is 12.2. The van der Waals surface area contributed by atoms with Gasteiger partial charge in [0, 0.05) is 17.3 Å². The predicted molar refractivity (Wildman–Crippen MR) is 82.8 cm³/mol. The number of rotatable bonds is 4. The number of benzene rings is 2. The maximum Gasteiger partial charge on any atom is 0.255 e. The van der Waals surface area contributed by atoms with E-state index in [1.54, 1.807) is 0 Å². The Labute approximate surface area is 119 Å². The Morgan fingerprint density at radius 1 is 1.15 bits per heavy atom. The molecule has 2 aromatic rings. The number of amides is 1. The van der Waals surface area contributed by atoms with Crippen LogP contribution in [0.25, 0.3) is 0 Å². The van der Waals surface area contributed by atoms with Gasteiger partial charge >= 0.3 is 0 Å². The topological polar surface area (TPSA) is 55.1 Å². The molecule has 0 aliphatic rings. The van der Waals surface area contributed by atoms with Gasteiger partial charge < -0.3 is 11.1 Å². The van der Waals surface area contributed by atoms with Crippen LogP contribution < -0.4 is 11.1 Å². The molecule has 3 heteroatoms. The molecule has 20 heavy (non-hydrogen) atoms. The van der Waals surface area contributed by atoms with E-state index in [0.29, 0.717) is 5.56 Å². The fourth-order valence-electron chi connectivity index (χ4n) is 2.09. The number of hydrogen-bond acceptors (Lipinski definition) is 2. The Kier molecular flexibility index (Phi) is 4.53. The first-order valence-corrected chi connectivity index (χ1v) is 6.86. The van der Waals surface area contributed by atoms with E-state index in [-0.39, 0.29) is 11.9 Å². The smallest absolute Gasteiger partial charge is 0.255 e. The van der Waals surface area contributed by atoms with Gasteiger partial charge in [0.2, 0.25) is 0 Å². The third kappa shape index (κ3) is 3.25. The number of hydrogen-bond donors (Lipinski definition) is 2. The molecule has 1 unspecified atom stereocenters. The van der Waals surface area contributed by atoms with E-state index in [4.69, 9.17) is 5.73 Å². The molecule has 3 nitrogen and oxygen atoms in total. The zero-order valence-corrected chi connectivity index (χ0v) is 11.9. The summed E-state index contributed by atoms with van der Waals surface area (Å²) < 4.78 is 0. The molecule has 0 saturated carbocycles. The lowest BCUT2D eigenvalue weighted by atomic mass is 10.1. The van der Waals surface area contributed by atoms with Crippen LogP contribution in [0.3, 0.4) is 0 Å². The van der Waals surface area contributed by atoms with Gasteiger partial charge in [-0.05, 0) is 42.7 Å². The van der Waals surface area contributed by atoms with Crippen LogP contribution >= 0.6 is 0 Å². The minimum Gasteiger partial charge on any atom is -0.324 e. The molecule has 1 amide bonds. The van der Waals surface area contributed by atoms with Crippen LogP contribution in [0.1, 0.15) is 41.4 Å². The molecule has 3 N–H and O–H groups in total. The molecule has 0 bridgehead atoms. The fourth-order valence-corrected chi connectivity index (χ4v) is 2.09. The molecule has 0 spiro atoms. The highest BCUT2D eigenvalue weighted by atomic mass is 16.1. The molecule has 0 aliphatic carbocycles. The van der Waals surface area contributed by atoms with Gasteiger partial charge in [0.25, 0.3) is 5.91 Å². The van der Waals surface area contributed by atoms with E-state index in [9.17, 15) is 4.79 Å². The van der Waals surface area contributed by atoms with Crippen LogP contribution in [0.5, 0.6) is 0 Å². The molecule has 0 radical (unpaired) electrons. The van der Waals surface area contributed by atoms with Crippen LogP contribution in [-0.2, 0) is 6.42 Å². The Morgan fingerprint density at radius 2 is 1.80 bits per heavy atom. The number of nitrogens with two attached hydrogens (primary N) is 1. The maximum absolute atomic E-state index is 12.2. The van der Waals surface area contributed by atoms with Crippen molar-refractivity contribution in [3.63, 3.8) is 0 Å². The standard InChI is InChI=1S/C17H20N2O/c1-3-13-8-10-14(11-9-13)17(20)19-16-7-5-4-6-15(16)12(2)18/h4-12H,3,18H2,1-2H3,(H,19,20). The second-order valence-electron chi connectivity index (χ2n) is 4.88. The van der Waals surface area contributed by atoms with Crippen molar-refractivity contribution in [1.82, 2.24) is 0 Å². The molecule has 0 aliphatic heterocycles. The monoisotopic (exact) mass is 268 g/mol. The molecule has 2 rings (SSSR count). The van der Waals surface area contributed by atoms with E-state index in [2.05, 4.69) is 12.2 Å². The summed E-state index contributed by atoms with van der Waals surface area (Å²) in [5.74, 6) is -0.110. The predicted octanol–water partition coefficient (Wildman–Crippen LogP) is 3.52. The fraction of sp³-hybridized carbons (Fsp3) is 0.235. The van der Waals surface area contributed by atoms with Crippen molar-refractivity contribution in [3.05, 3.63) is 65.2 Å². The summed E-state index contributed by atoms with van der Waals surface area (Å²) in [5, 5.41) is 2.93. The van der Waals surface area contributed by atoms with Crippen molar-refractivity contribution in [2.45, 2.75) is 26.3 Å². The number of anilines is 1. The van der Waals surface area contributed by atoms with Crippen molar-refractivity contribution in [2.75, 3.05) is 5.32 Å². The minimum absolute atomic E-state index is 0.110. The molecule has 1 atom stereocenters. The molecule has 0 heterocycles. The van der Waals surface area contributed by atoms with Crippen molar-refractivity contribution >= 4 is 11.6 Å². The van der Waals surface area contributed by atoms with E-state index >= 15 is 0 Å². The average molecular weight is 268 g/mol. The van der Waals surface area contributed by atoms with Gasteiger partial charge in [-0.2, -0.15) is 0 Å². The van der Waals surface area contributed by atoms with E-state index in [1.165, 1.54) is 5.56 Å². The highest BCUT2D eigenvalue weighted by Crippen LogP contribution is 2.21. The number of aryl methyl sites for hydroxylation is 1. The summed E-state index contributed by atoms with van der Waals surface area (Å²) in [6.45, 7) is 4.00. The van der Waals surface area contributed by atoms with Crippen LogP contribution in [-0.4, -0.2) is 5.91 Å². The minimum atomic E-state index is -0.117. The molecule has 0 fully saturated rings. The van der Waals surface area contributed by atoms with E-state index < -0.39 is 0 Å². The van der Waals surface area contributed by atoms with Crippen molar-refractivity contribution in [1.29, 1.82) is 0 Å². The lowest BCUT2D eigenvalue weighted by Gasteiger charge is -2.13. The summed E-state index contributed by atoms with van der Waals surface area (Å²) in [7, 11) is 0. The molecular formula is C17H20N2O. The average Bonchev–Trinajstić information content (AvgIpc) is 2.47. The normalized spacial score (nSPS) is 11.9. The quantitative estimate of drug-likeness (QED) is 0.891. The molecular weight excluding hydrogens is 248 g/mol. The summed E-state index contributed by atoms with van der Waals surface area (Å²) in [6, 6.07) is 15.2. The van der Waals surface area contributed by atoms with Crippen LogP contribution in [0.2, 0.25) is 0 Å². The number of carbonyl (C=O) groups is 1. The number of nitrogens with one attached hydrogen (secondary N) is 1. The van der Waals surface area contributed by atoms with Crippen molar-refractivity contribution < 1.29 is 4.79 Å². The van der Waals surface area contributed by atoms with Crippen LogP contribution in [0.15, 0.2) is 48.5 Å². The first kappa shape index (κ1) is 14.3. The van der Waals surface area contributed by atoms with Crippen molar-refractivity contribution in [3.8, 4) is 0 Å². The molecule has 2 aromatic carbocycles. The lowest BCUT2D eigenvalue weighted by molar-refractivity contribution is 0.102. The highest BCUT2D eigenvalue weighted by Gasteiger charge is 2.10. The second kappa shape index (κ2) is 6.35. The molecule has 0 aromatic heterocycles. The highest BCUT2D eigenvalue weighted by molar-refractivity contribution is 6.04.